The van der Waals surface area contributed by atoms with Crippen molar-refractivity contribution in [1.29, 1.82) is 0 Å². The molecule has 2 N–H and O–H groups in total. The fourth-order valence-corrected chi connectivity index (χ4v) is 6.31. The summed E-state index contributed by atoms with van der Waals surface area (Å²) in [5, 5.41) is 5.55. The molecule has 2 fully saturated rings. The quantitative estimate of drug-likeness (QED) is 0.535. The minimum Gasteiger partial charge on any atom is -0.344 e. The Labute approximate surface area is 202 Å². The van der Waals surface area contributed by atoms with Crippen LogP contribution in [0.2, 0.25) is 5.02 Å². The number of benzene rings is 2. The molecule has 2 atom stereocenters. The topological polar surface area (TPSA) is 75.3 Å². The molecule has 5 nitrogen and oxygen atoms in total. The fraction of sp³-hybridized carbons (Fsp3) is 0.458. The van der Waals surface area contributed by atoms with Gasteiger partial charge < -0.3 is 10.6 Å². The van der Waals surface area contributed by atoms with E-state index in [1.807, 2.05) is 0 Å². The molecule has 0 bridgehead atoms. The molecule has 1 saturated heterocycles. The maximum absolute atomic E-state index is 13.3. The molecule has 1 saturated carbocycles. The number of hydrogen-bond acceptors (Lipinski definition) is 4. The molecule has 184 valence electrons. The number of halogens is 4. The molecule has 2 aliphatic rings. The van der Waals surface area contributed by atoms with Crippen LogP contribution < -0.4 is 10.6 Å². The molecule has 2 unspecified atom stereocenters. The number of hydrogen-bond donors (Lipinski definition) is 2. The summed E-state index contributed by atoms with van der Waals surface area (Å²) in [6, 6.07) is 8.90. The molecule has 2 aromatic rings. The van der Waals surface area contributed by atoms with Crippen LogP contribution in [0.25, 0.3) is 0 Å². The maximum atomic E-state index is 13.3. The van der Waals surface area contributed by atoms with Gasteiger partial charge in [0.25, 0.3) is 5.91 Å². The molecule has 10 heteroatoms. The van der Waals surface area contributed by atoms with Crippen LogP contribution in [-0.2, 0) is 16.0 Å². The molecule has 4 rings (SSSR count). The Morgan fingerprint density at radius 1 is 1.09 bits per heavy atom. The van der Waals surface area contributed by atoms with E-state index in [9.17, 15) is 26.4 Å². The van der Waals surface area contributed by atoms with Gasteiger partial charge in [-0.2, -0.15) is 13.2 Å². The van der Waals surface area contributed by atoms with Crippen molar-refractivity contribution < 1.29 is 26.4 Å². The van der Waals surface area contributed by atoms with Gasteiger partial charge in [-0.25, -0.2) is 8.42 Å². The van der Waals surface area contributed by atoms with Gasteiger partial charge in [0, 0.05) is 6.04 Å². The Morgan fingerprint density at radius 3 is 2.38 bits per heavy atom. The van der Waals surface area contributed by atoms with Gasteiger partial charge in [0.2, 0.25) is 0 Å². The number of piperidine rings is 1. The monoisotopic (exact) mass is 514 g/mol. The van der Waals surface area contributed by atoms with E-state index in [1.165, 1.54) is 18.2 Å². The standard InChI is InChI=1S/C24H26ClF3N2O3S/c25-21-18(4-3-5-19(21)24(26,27)28)23(31)30-22(20-6-1-2-13-29-20)16-9-11-17(12-10-16)34(32,33)14-15-7-8-15/h3-5,9-12,15,20,22,29H,1-2,6-8,13-14H2,(H,30,31). The van der Waals surface area contributed by atoms with Gasteiger partial charge >= 0.3 is 6.18 Å². The molecule has 0 radical (unpaired) electrons. The van der Waals surface area contributed by atoms with Crippen LogP contribution in [0.15, 0.2) is 47.4 Å². The highest BCUT2D eigenvalue weighted by molar-refractivity contribution is 7.91. The normalized spacial score (nSPS) is 20.1. The summed E-state index contributed by atoms with van der Waals surface area (Å²) in [6.45, 7) is 0.745. The van der Waals surface area contributed by atoms with Crippen molar-refractivity contribution in [1.82, 2.24) is 10.6 Å². The van der Waals surface area contributed by atoms with Gasteiger partial charge in [0.1, 0.15) is 0 Å². The Morgan fingerprint density at radius 2 is 1.79 bits per heavy atom. The van der Waals surface area contributed by atoms with E-state index in [0.717, 1.165) is 50.8 Å². The lowest BCUT2D eigenvalue weighted by Gasteiger charge is -2.32. The van der Waals surface area contributed by atoms with E-state index in [2.05, 4.69) is 10.6 Å². The smallest absolute Gasteiger partial charge is 0.344 e. The Bertz CT molecular complexity index is 1140. The molecule has 1 heterocycles. The van der Waals surface area contributed by atoms with Gasteiger partial charge in [0.05, 0.1) is 32.8 Å². The molecule has 2 aromatic carbocycles. The minimum absolute atomic E-state index is 0.130. The Kier molecular flexibility index (Phi) is 7.26. The average Bonchev–Trinajstić information content (AvgIpc) is 3.60. The predicted octanol–water partition coefficient (Wildman–Crippen LogP) is 5.16. The summed E-state index contributed by atoms with van der Waals surface area (Å²) in [4.78, 5) is 13.3. The summed E-state index contributed by atoms with van der Waals surface area (Å²) < 4.78 is 64.9. The van der Waals surface area contributed by atoms with Crippen molar-refractivity contribution in [3.05, 3.63) is 64.2 Å². The third-order valence-electron chi connectivity index (χ3n) is 6.34. The summed E-state index contributed by atoms with van der Waals surface area (Å²) in [5.74, 6) is -0.371. The zero-order valence-corrected chi connectivity index (χ0v) is 19.9. The molecule has 1 aliphatic carbocycles. The minimum atomic E-state index is -4.68. The van der Waals surface area contributed by atoms with Crippen molar-refractivity contribution in [2.24, 2.45) is 5.92 Å². The number of alkyl halides is 3. The van der Waals surface area contributed by atoms with E-state index in [1.54, 1.807) is 12.1 Å². The van der Waals surface area contributed by atoms with Gasteiger partial charge in [-0.05, 0) is 68.0 Å². The first-order valence-corrected chi connectivity index (χ1v) is 13.3. The molecule has 34 heavy (non-hydrogen) atoms. The van der Waals surface area contributed by atoms with E-state index in [4.69, 9.17) is 11.6 Å². The molecule has 1 aliphatic heterocycles. The lowest BCUT2D eigenvalue weighted by atomic mass is 9.92. The van der Waals surface area contributed by atoms with Crippen molar-refractivity contribution >= 4 is 27.3 Å². The zero-order valence-electron chi connectivity index (χ0n) is 18.4. The number of amides is 1. The second-order valence-electron chi connectivity index (χ2n) is 8.97. The summed E-state index contributed by atoms with van der Waals surface area (Å²) in [5.41, 5.74) is -0.665. The van der Waals surface area contributed by atoms with Crippen molar-refractivity contribution in [2.45, 2.75) is 55.3 Å². The molecule has 1 amide bonds. The predicted molar refractivity (Wildman–Crippen MR) is 124 cm³/mol. The highest BCUT2D eigenvalue weighted by Gasteiger charge is 2.35. The summed E-state index contributed by atoms with van der Waals surface area (Å²) in [7, 11) is -3.38. The van der Waals surface area contributed by atoms with Crippen LogP contribution in [-0.4, -0.2) is 32.7 Å². The van der Waals surface area contributed by atoms with Crippen LogP contribution >= 0.6 is 11.6 Å². The third-order valence-corrected chi connectivity index (χ3v) is 8.64. The summed E-state index contributed by atoms with van der Waals surface area (Å²) in [6.07, 6.45) is -0.159. The van der Waals surface area contributed by atoms with Crippen LogP contribution in [0.3, 0.4) is 0 Å². The SMILES string of the molecule is O=C(NC(c1ccc(S(=O)(=O)CC2CC2)cc1)C1CCCCN1)c1cccc(C(F)(F)F)c1Cl. The number of carbonyl (C=O) groups is 1. The highest BCUT2D eigenvalue weighted by Crippen LogP contribution is 2.37. The van der Waals surface area contributed by atoms with Crippen LogP contribution in [0.1, 0.15) is 59.6 Å². The highest BCUT2D eigenvalue weighted by atomic mass is 35.5. The Hall–Kier alpha value is -2.10. The molecular formula is C24H26ClF3N2O3S. The first-order valence-electron chi connectivity index (χ1n) is 11.3. The first kappa shape index (κ1) is 25.0. The number of sulfone groups is 1. The fourth-order valence-electron chi connectivity index (χ4n) is 4.30. The lowest BCUT2D eigenvalue weighted by molar-refractivity contribution is -0.137. The molecule has 0 spiro atoms. The number of carbonyl (C=O) groups excluding carboxylic acids is 1. The average molecular weight is 515 g/mol. The Balaban J connectivity index is 1.60. The van der Waals surface area contributed by atoms with Gasteiger partial charge in [-0.15, -0.1) is 0 Å². The van der Waals surface area contributed by atoms with Crippen molar-refractivity contribution in [3.8, 4) is 0 Å². The second-order valence-corrected chi connectivity index (χ2v) is 11.4. The van der Waals surface area contributed by atoms with Gasteiger partial charge in [0.15, 0.2) is 9.84 Å². The number of nitrogens with one attached hydrogen (secondary N) is 2. The van der Waals surface area contributed by atoms with Crippen LogP contribution in [0, 0.1) is 5.92 Å². The van der Waals surface area contributed by atoms with Gasteiger partial charge in [-0.1, -0.05) is 36.2 Å². The lowest BCUT2D eigenvalue weighted by Crippen LogP contribution is -2.46. The zero-order chi connectivity index (χ0) is 24.5. The van der Waals surface area contributed by atoms with E-state index in [0.29, 0.717) is 5.56 Å². The third kappa shape index (κ3) is 5.75. The second kappa shape index (κ2) is 9.87. The van der Waals surface area contributed by atoms with Crippen LogP contribution in [0.4, 0.5) is 13.2 Å². The van der Waals surface area contributed by atoms with Crippen molar-refractivity contribution in [3.63, 3.8) is 0 Å². The number of rotatable bonds is 7. The van der Waals surface area contributed by atoms with E-state index >= 15 is 0 Å². The first-order chi connectivity index (χ1) is 16.1. The van der Waals surface area contributed by atoms with E-state index in [-0.39, 0.29) is 28.2 Å². The van der Waals surface area contributed by atoms with E-state index < -0.39 is 38.5 Å². The molecular weight excluding hydrogens is 489 g/mol. The maximum Gasteiger partial charge on any atom is 0.417 e. The largest absolute Gasteiger partial charge is 0.417 e. The molecule has 0 aromatic heterocycles. The van der Waals surface area contributed by atoms with Crippen molar-refractivity contribution in [2.75, 3.05) is 12.3 Å². The van der Waals surface area contributed by atoms with Crippen LogP contribution in [0.5, 0.6) is 0 Å². The van der Waals surface area contributed by atoms with Gasteiger partial charge in [-0.3, -0.25) is 4.79 Å². The summed E-state index contributed by atoms with van der Waals surface area (Å²) >= 11 is 5.96.